The summed E-state index contributed by atoms with van der Waals surface area (Å²) in [5, 5.41) is 0. The molecule has 0 saturated carbocycles. The summed E-state index contributed by atoms with van der Waals surface area (Å²) in [4.78, 5) is 14.0. The second-order valence-electron chi connectivity index (χ2n) is 5.66. The highest BCUT2D eigenvalue weighted by Gasteiger charge is 2.22. The highest BCUT2D eigenvalue weighted by molar-refractivity contribution is 5.94. The molecular weight excluding hydrogens is 250 g/mol. The van der Waals surface area contributed by atoms with Gasteiger partial charge in [0, 0.05) is 31.9 Å². The van der Waals surface area contributed by atoms with Crippen molar-refractivity contribution < 1.29 is 9.53 Å². The standard InChI is InChI=1S/C17H25NO2/c1-14(19)16-7-5-6-15(12-16)13-18-10-4-3-8-17(18)9-11-20-2/h5-7,12,17H,3-4,8-11,13H2,1-2H3/t17-/m0/s1. The number of carbonyl (C=O) groups is 1. The van der Waals surface area contributed by atoms with Gasteiger partial charge in [-0.15, -0.1) is 0 Å². The summed E-state index contributed by atoms with van der Waals surface area (Å²) in [5.74, 6) is 0.140. The van der Waals surface area contributed by atoms with E-state index in [2.05, 4.69) is 11.0 Å². The molecule has 0 aromatic heterocycles. The van der Waals surface area contributed by atoms with Crippen molar-refractivity contribution in [3.63, 3.8) is 0 Å². The van der Waals surface area contributed by atoms with Gasteiger partial charge in [-0.2, -0.15) is 0 Å². The minimum Gasteiger partial charge on any atom is -0.385 e. The van der Waals surface area contributed by atoms with Gasteiger partial charge in [0.2, 0.25) is 0 Å². The third kappa shape index (κ3) is 4.15. The zero-order chi connectivity index (χ0) is 14.4. The summed E-state index contributed by atoms with van der Waals surface area (Å²) in [6.45, 7) is 4.55. The maximum absolute atomic E-state index is 11.5. The first-order valence-corrected chi connectivity index (χ1v) is 7.53. The highest BCUT2D eigenvalue weighted by atomic mass is 16.5. The van der Waals surface area contributed by atoms with Crippen LogP contribution in [0.3, 0.4) is 0 Å². The fourth-order valence-corrected chi connectivity index (χ4v) is 2.97. The number of rotatable bonds is 6. The average molecular weight is 275 g/mol. The number of likely N-dealkylation sites (tertiary alicyclic amines) is 1. The van der Waals surface area contributed by atoms with Crippen LogP contribution in [0.15, 0.2) is 24.3 Å². The summed E-state index contributed by atoms with van der Waals surface area (Å²) >= 11 is 0. The van der Waals surface area contributed by atoms with Crippen LogP contribution in [0.25, 0.3) is 0 Å². The Morgan fingerprint density at radius 3 is 3.00 bits per heavy atom. The Morgan fingerprint density at radius 1 is 1.40 bits per heavy atom. The van der Waals surface area contributed by atoms with Crippen LogP contribution in [0.2, 0.25) is 0 Å². The van der Waals surface area contributed by atoms with Gasteiger partial charge in [-0.05, 0) is 44.4 Å². The van der Waals surface area contributed by atoms with E-state index in [0.29, 0.717) is 6.04 Å². The summed E-state index contributed by atoms with van der Waals surface area (Å²) in [6.07, 6.45) is 4.95. The molecule has 1 saturated heterocycles. The van der Waals surface area contributed by atoms with Crippen LogP contribution < -0.4 is 0 Å². The van der Waals surface area contributed by atoms with E-state index in [1.54, 1.807) is 14.0 Å². The van der Waals surface area contributed by atoms with E-state index in [0.717, 1.165) is 31.7 Å². The van der Waals surface area contributed by atoms with Crippen LogP contribution in [-0.4, -0.2) is 37.0 Å². The number of ether oxygens (including phenoxy) is 1. The molecule has 0 unspecified atom stereocenters. The van der Waals surface area contributed by atoms with E-state index in [9.17, 15) is 4.79 Å². The second-order valence-corrected chi connectivity index (χ2v) is 5.66. The van der Waals surface area contributed by atoms with Crippen molar-refractivity contribution >= 4 is 5.78 Å². The van der Waals surface area contributed by atoms with E-state index >= 15 is 0 Å². The van der Waals surface area contributed by atoms with Crippen LogP contribution in [0.5, 0.6) is 0 Å². The molecule has 0 bridgehead atoms. The zero-order valence-electron chi connectivity index (χ0n) is 12.6. The quantitative estimate of drug-likeness (QED) is 0.746. The van der Waals surface area contributed by atoms with Crippen molar-refractivity contribution in [1.29, 1.82) is 0 Å². The molecule has 1 aliphatic heterocycles. The normalized spacial score (nSPS) is 20.0. The van der Waals surface area contributed by atoms with Crippen LogP contribution in [0, 0.1) is 0 Å². The van der Waals surface area contributed by atoms with Gasteiger partial charge in [-0.1, -0.05) is 24.6 Å². The molecule has 1 aliphatic rings. The topological polar surface area (TPSA) is 29.5 Å². The van der Waals surface area contributed by atoms with Crippen LogP contribution in [0.4, 0.5) is 0 Å². The predicted molar refractivity (Wildman–Crippen MR) is 81.0 cm³/mol. The van der Waals surface area contributed by atoms with E-state index in [1.165, 1.54) is 24.8 Å². The third-order valence-corrected chi connectivity index (χ3v) is 4.12. The smallest absolute Gasteiger partial charge is 0.159 e. The van der Waals surface area contributed by atoms with Crippen molar-refractivity contribution in [2.45, 2.75) is 45.2 Å². The zero-order valence-corrected chi connectivity index (χ0v) is 12.6. The summed E-state index contributed by atoms with van der Waals surface area (Å²) in [6, 6.07) is 8.65. The molecule has 0 radical (unpaired) electrons. The van der Waals surface area contributed by atoms with Gasteiger partial charge in [0.15, 0.2) is 5.78 Å². The summed E-state index contributed by atoms with van der Waals surface area (Å²) in [7, 11) is 1.77. The minimum atomic E-state index is 0.140. The maximum Gasteiger partial charge on any atom is 0.159 e. The van der Waals surface area contributed by atoms with Crippen LogP contribution in [-0.2, 0) is 11.3 Å². The lowest BCUT2D eigenvalue weighted by Gasteiger charge is -2.35. The Bertz CT molecular complexity index is 444. The predicted octanol–water partition coefficient (Wildman–Crippen LogP) is 3.28. The van der Waals surface area contributed by atoms with E-state index in [-0.39, 0.29) is 5.78 Å². The number of carbonyl (C=O) groups excluding carboxylic acids is 1. The molecule has 1 heterocycles. The first-order chi connectivity index (χ1) is 9.70. The Hall–Kier alpha value is -1.19. The molecule has 3 nitrogen and oxygen atoms in total. The first-order valence-electron chi connectivity index (χ1n) is 7.53. The van der Waals surface area contributed by atoms with Crippen LogP contribution in [0.1, 0.15) is 48.5 Å². The Labute approximate surface area is 121 Å². The van der Waals surface area contributed by atoms with Gasteiger partial charge < -0.3 is 4.74 Å². The number of piperidine rings is 1. The second kappa shape index (κ2) is 7.55. The largest absolute Gasteiger partial charge is 0.385 e. The fourth-order valence-electron chi connectivity index (χ4n) is 2.97. The maximum atomic E-state index is 11.5. The van der Waals surface area contributed by atoms with E-state index in [4.69, 9.17) is 4.74 Å². The molecule has 3 heteroatoms. The third-order valence-electron chi connectivity index (χ3n) is 4.12. The van der Waals surface area contributed by atoms with Crippen molar-refractivity contribution in [1.82, 2.24) is 4.90 Å². The molecule has 0 spiro atoms. The van der Waals surface area contributed by atoms with Crippen molar-refractivity contribution in [3.8, 4) is 0 Å². The monoisotopic (exact) mass is 275 g/mol. The number of methoxy groups -OCH3 is 1. The van der Waals surface area contributed by atoms with Gasteiger partial charge >= 0.3 is 0 Å². The van der Waals surface area contributed by atoms with Crippen LogP contribution >= 0.6 is 0 Å². The number of benzene rings is 1. The number of hydrogen-bond donors (Lipinski definition) is 0. The Balaban J connectivity index is 2.02. The number of nitrogens with zero attached hydrogens (tertiary/aromatic N) is 1. The van der Waals surface area contributed by atoms with Gasteiger partial charge in [0.1, 0.15) is 0 Å². The molecule has 1 atom stereocenters. The van der Waals surface area contributed by atoms with E-state index < -0.39 is 0 Å². The molecule has 20 heavy (non-hydrogen) atoms. The Morgan fingerprint density at radius 2 is 2.25 bits per heavy atom. The SMILES string of the molecule is COCC[C@@H]1CCCCN1Cc1cccc(C(C)=O)c1. The van der Waals surface area contributed by atoms with Crippen molar-refractivity contribution in [3.05, 3.63) is 35.4 Å². The van der Waals surface area contributed by atoms with Gasteiger partial charge in [-0.3, -0.25) is 9.69 Å². The molecule has 0 N–H and O–H groups in total. The average Bonchev–Trinajstić information content (AvgIpc) is 2.46. The molecule has 2 rings (SSSR count). The lowest BCUT2D eigenvalue weighted by atomic mass is 9.98. The lowest BCUT2D eigenvalue weighted by Crippen LogP contribution is -2.39. The van der Waals surface area contributed by atoms with Crippen molar-refractivity contribution in [2.75, 3.05) is 20.3 Å². The molecule has 1 aromatic carbocycles. The fraction of sp³-hybridized carbons (Fsp3) is 0.588. The molecular formula is C17H25NO2. The van der Waals surface area contributed by atoms with Crippen molar-refractivity contribution in [2.24, 2.45) is 0 Å². The van der Waals surface area contributed by atoms with Gasteiger partial charge in [0.25, 0.3) is 0 Å². The number of Topliss-reactive ketones (excluding diaryl/α,β-unsaturated/α-hetero) is 1. The molecule has 0 amide bonds. The molecule has 0 aliphatic carbocycles. The number of hydrogen-bond acceptors (Lipinski definition) is 3. The summed E-state index contributed by atoms with van der Waals surface area (Å²) < 4.78 is 5.22. The molecule has 110 valence electrons. The first kappa shape index (κ1) is 15.2. The number of ketones is 1. The Kier molecular flexibility index (Phi) is 5.74. The van der Waals surface area contributed by atoms with E-state index in [1.807, 2.05) is 18.2 Å². The summed E-state index contributed by atoms with van der Waals surface area (Å²) in [5.41, 5.74) is 2.05. The molecule has 1 aromatic rings. The lowest BCUT2D eigenvalue weighted by molar-refractivity contribution is 0.0972. The van der Waals surface area contributed by atoms with Gasteiger partial charge in [0.05, 0.1) is 0 Å². The molecule has 1 fully saturated rings. The highest BCUT2D eigenvalue weighted by Crippen LogP contribution is 2.22. The van der Waals surface area contributed by atoms with Gasteiger partial charge in [-0.25, -0.2) is 0 Å². The minimum absolute atomic E-state index is 0.140.